The molecule has 3 aromatic carbocycles. The second-order valence-corrected chi connectivity index (χ2v) is 6.39. The van der Waals surface area contributed by atoms with Crippen LogP contribution < -0.4 is 4.18 Å². The molecule has 0 bridgehead atoms. The Morgan fingerprint density at radius 2 is 1.52 bits per heavy atom. The fourth-order valence-corrected chi connectivity index (χ4v) is 3.15. The molecule has 116 valence electrons. The van der Waals surface area contributed by atoms with Gasteiger partial charge in [0.05, 0.1) is 5.56 Å². The normalized spacial score (nSPS) is 11.3. The summed E-state index contributed by atoms with van der Waals surface area (Å²) >= 11 is 0. The van der Waals surface area contributed by atoms with E-state index in [2.05, 4.69) is 0 Å². The Bertz CT molecular complexity index is 970. The summed E-state index contributed by atoms with van der Waals surface area (Å²) in [5.41, 5.74) is 0.00844. The molecular formula is C17H12O5S. The molecule has 0 saturated heterocycles. The number of hydrogen-bond donors (Lipinski definition) is 1. The number of rotatable bonds is 4. The van der Waals surface area contributed by atoms with Gasteiger partial charge in [-0.1, -0.05) is 36.4 Å². The van der Waals surface area contributed by atoms with Crippen LogP contribution in [0.25, 0.3) is 10.8 Å². The Morgan fingerprint density at radius 3 is 2.22 bits per heavy atom. The summed E-state index contributed by atoms with van der Waals surface area (Å²) in [5.74, 6) is -0.894. The molecule has 3 rings (SSSR count). The molecule has 0 spiro atoms. The zero-order valence-corrected chi connectivity index (χ0v) is 12.7. The minimum absolute atomic E-state index is 0.00844. The van der Waals surface area contributed by atoms with Crippen molar-refractivity contribution >= 4 is 26.9 Å². The van der Waals surface area contributed by atoms with Crippen LogP contribution in [0.15, 0.2) is 71.6 Å². The number of hydrogen-bond acceptors (Lipinski definition) is 4. The number of carbonyl (C=O) groups is 1. The highest BCUT2D eigenvalue weighted by Gasteiger charge is 2.18. The number of fused-ring (bicyclic) bond motifs is 1. The van der Waals surface area contributed by atoms with Gasteiger partial charge < -0.3 is 9.29 Å². The van der Waals surface area contributed by atoms with Crippen molar-refractivity contribution in [2.45, 2.75) is 4.90 Å². The summed E-state index contributed by atoms with van der Waals surface area (Å²) in [6.45, 7) is 0. The zero-order valence-electron chi connectivity index (χ0n) is 11.8. The predicted molar refractivity (Wildman–Crippen MR) is 85.2 cm³/mol. The number of benzene rings is 3. The average molecular weight is 328 g/mol. The largest absolute Gasteiger partial charge is 0.478 e. The maximum Gasteiger partial charge on any atom is 0.339 e. The Morgan fingerprint density at radius 1 is 0.870 bits per heavy atom. The van der Waals surface area contributed by atoms with Crippen LogP contribution in [0.3, 0.4) is 0 Å². The van der Waals surface area contributed by atoms with E-state index in [4.69, 9.17) is 9.29 Å². The molecule has 1 N–H and O–H groups in total. The molecule has 0 aliphatic carbocycles. The van der Waals surface area contributed by atoms with Gasteiger partial charge in [-0.2, -0.15) is 8.42 Å². The Kier molecular flexibility index (Phi) is 3.75. The molecule has 0 aliphatic heterocycles. The molecular weight excluding hydrogens is 316 g/mol. The maximum absolute atomic E-state index is 12.4. The van der Waals surface area contributed by atoms with Crippen molar-refractivity contribution in [1.29, 1.82) is 0 Å². The second kappa shape index (κ2) is 5.73. The molecule has 0 aliphatic rings. The highest BCUT2D eigenvalue weighted by molar-refractivity contribution is 7.87. The lowest BCUT2D eigenvalue weighted by atomic mass is 10.1. The Hall–Kier alpha value is -2.86. The van der Waals surface area contributed by atoms with E-state index in [1.807, 2.05) is 18.2 Å². The third-order valence-electron chi connectivity index (χ3n) is 3.34. The molecule has 0 unspecified atom stereocenters. The van der Waals surface area contributed by atoms with E-state index in [1.54, 1.807) is 24.3 Å². The molecule has 0 heterocycles. The first-order chi connectivity index (χ1) is 11.0. The molecule has 23 heavy (non-hydrogen) atoms. The monoisotopic (exact) mass is 328 g/mol. The van der Waals surface area contributed by atoms with Gasteiger partial charge in [-0.3, -0.25) is 0 Å². The molecule has 3 aromatic rings. The average Bonchev–Trinajstić information content (AvgIpc) is 2.55. The van der Waals surface area contributed by atoms with Gasteiger partial charge in [0.25, 0.3) is 0 Å². The van der Waals surface area contributed by atoms with E-state index in [-0.39, 0.29) is 16.2 Å². The Labute approximate surface area is 132 Å². The summed E-state index contributed by atoms with van der Waals surface area (Å²) in [6, 6.07) is 17.3. The van der Waals surface area contributed by atoms with Gasteiger partial charge in [0, 0.05) is 5.39 Å². The summed E-state index contributed by atoms with van der Waals surface area (Å²) < 4.78 is 29.9. The summed E-state index contributed by atoms with van der Waals surface area (Å²) in [6.07, 6.45) is 0. The highest BCUT2D eigenvalue weighted by Crippen LogP contribution is 2.28. The second-order valence-electron chi connectivity index (χ2n) is 4.84. The molecule has 0 amide bonds. The predicted octanol–water partition coefficient (Wildman–Crippen LogP) is 3.31. The molecule has 5 nitrogen and oxygen atoms in total. The van der Waals surface area contributed by atoms with Crippen molar-refractivity contribution in [3.8, 4) is 5.75 Å². The fraction of sp³-hybridized carbons (Fsp3) is 0. The van der Waals surface area contributed by atoms with Gasteiger partial charge in [-0.05, 0) is 35.7 Å². The zero-order chi connectivity index (χ0) is 16.4. The first-order valence-corrected chi connectivity index (χ1v) is 8.14. The van der Waals surface area contributed by atoms with Crippen LogP contribution in [0.5, 0.6) is 5.75 Å². The van der Waals surface area contributed by atoms with Crippen molar-refractivity contribution in [2.24, 2.45) is 0 Å². The lowest BCUT2D eigenvalue weighted by Gasteiger charge is -2.09. The summed E-state index contributed by atoms with van der Waals surface area (Å²) in [5, 5.41) is 10.4. The fourth-order valence-electron chi connectivity index (χ4n) is 2.20. The van der Waals surface area contributed by atoms with Crippen molar-refractivity contribution in [3.05, 3.63) is 72.3 Å². The van der Waals surface area contributed by atoms with Crippen molar-refractivity contribution in [1.82, 2.24) is 0 Å². The van der Waals surface area contributed by atoms with Crippen molar-refractivity contribution in [3.63, 3.8) is 0 Å². The lowest BCUT2D eigenvalue weighted by Crippen LogP contribution is -2.10. The number of aromatic carboxylic acids is 1. The van der Waals surface area contributed by atoms with Gasteiger partial charge in [0.1, 0.15) is 4.90 Å². The minimum Gasteiger partial charge on any atom is -0.478 e. The molecule has 0 aromatic heterocycles. The molecule has 0 radical (unpaired) electrons. The van der Waals surface area contributed by atoms with E-state index in [9.17, 15) is 13.2 Å². The van der Waals surface area contributed by atoms with Gasteiger partial charge in [0.15, 0.2) is 5.75 Å². The van der Waals surface area contributed by atoms with Gasteiger partial charge >= 0.3 is 16.1 Å². The lowest BCUT2D eigenvalue weighted by molar-refractivity contribution is 0.0696. The SMILES string of the molecule is O=C(O)c1ccc(S(=O)(=O)Oc2cccc3ccccc23)cc1. The number of carboxylic acids is 1. The third-order valence-corrected chi connectivity index (χ3v) is 4.59. The van der Waals surface area contributed by atoms with Crippen LogP contribution in [0.4, 0.5) is 0 Å². The topological polar surface area (TPSA) is 80.7 Å². The third kappa shape index (κ3) is 3.02. The Balaban J connectivity index is 1.98. The van der Waals surface area contributed by atoms with Crippen LogP contribution in [-0.4, -0.2) is 19.5 Å². The smallest absolute Gasteiger partial charge is 0.339 e. The standard InChI is InChI=1S/C17H12O5S/c18-17(19)13-8-10-14(11-9-13)23(20,21)22-16-7-3-5-12-4-1-2-6-15(12)16/h1-11H,(H,18,19). The minimum atomic E-state index is -4.04. The van der Waals surface area contributed by atoms with Crippen LogP contribution >= 0.6 is 0 Å². The van der Waals surface area contributed by atoms with Crippen molar-refractivity contribution < 1.29 is 22.5 Å². The molecule has 0 saturated carbocycles. The van der Waals surface area contributed by atoms with E-state index in [1.165, 1.54) is 24.3 Å². The maximum atomic E-state index is 12.4. The van der Waals surface area contributed by atoms with Crippen LogP contribution in [0.1, 0.15) is 10.4 Å². The van der Waals surface area contributed by atoms with Crippen LogP contribution in [-0.2, 0) is 10.1 Å². The van der Waals surface area contributed by atoms with E-state index in [0.717, 1.165) is 5.39 Å². The van der Waals surface area contributed by atoms with E-state index < -0.39 is 16.1 Å². The van der Waals surface area contributed by atoms with Gasteiger partial charge in [-0.25, -0.2) is 4.79 Å². The van der Waals surface area contributed by atoms with Gasteiger partial charge in [0.2, 0.25) is 0 Å². The first kappa shape index (κ1) is 15.1. The first-order valence-electron chi connectivity index (χ1n) is 6.73. The summed E-state index contributed by atoms with van der Waals surface area (Å²) in [7, 11) is -4.04. The number of carboxylic acid groups (broad SMARTS) is 1. The van der Waals surface area contributed by atoms with Crippen LogP contribution in [0.2, 0.25) is 0 Å². The van der Waals surface area contributed by atoms with E-state index in [0.29, 0.717) is 5.39 Å². The molecule has 0 fully saturated rings. The van der Waals surface area contributed by atoms with Crippen molar-refractivity contribution in [2.75, 3.05) is 0 Å². The summed E-state index contributed by atoms with van der Waals surface area (Å²) in [4.78, 5) is 10.7. The van der Waals surface area contributed by atoms with Crippen LogP contribution in [0, 0.1) is 0 Å². The molecule has 6 heteroatoms. The van der Waals surface area contributed by atoms with Gasteiger partial charge in [-0.15, -0.1) is 0 Å². The molecule has 0 atom stereocenters. The quantitative estimate of drug-likeness (QED) is 0.743. The van der Waals surface area contributed by atoms with E-state index >= 15 is 0 Å². The highest BCUT2D eigenvalue weighted by atomic mass is 32.2.